The van der Waals surface area contributed by atoms with Crippen LogP contribution in [0.15, 0.2) is 4.52 Å². The molecule has 0 unspecified atom stereocenters. The molecule has 2 aliphatic rings. The molecule has 7 nitrogen and oxygen atoms in total. The normalized spacial score (nSPS) is 19.1. The van der Waals surface area contributed by atoms with Gasteiger partial charge in [0.15, 0.2) is 0 Å². The highest BCUT2D eigenvalue weighted by atomic mass is 16.5. The van der Waals surface area contributed by atoms with Gasteiger partial charge in [-0.15, -0.1) is 0 Å². The van der Waals surface area contributed by atoms with Crippen molar-refractivity contribution in [1.82, 2.24) is 20.3 Å². The zero-order chi connectivity index (χ0) is 17.8. The Kier molecular flexibility index (Phi) is 5.60. The molecular formula is C18H28N4O3. The van der Waals surface area contributed by atoms with Crippen molar-refractivity contribution < 1.29 is 14.1 Å². The third-order valence-electron chi connectivity index (χ3n) is 5.27. The Labute approximate surface area is 148 Å². The first-order valence-electron chi connectivity index (χ1n) is 9.40. The molecule has 0 spiro atoms. The van der Waals surface area contributed by atoms with E-state index >= 15 is 0 Å². The second-order valence-corrected chi connectivity index (χ2v) is 6.98. The van der Waals surface area contributed by atoms with Gasteiger partial charge in [-0.3, -0.25) is 4.79 Å². The number of nitrogens with zero attached hydrogens (tertiary/aromatic N) is 3. The van der Waals surface area contributed by atoms with Gasteiger partial charge in [-0.2, -0.15) is 0 Å². The average Bonchev–Trinajstić information content (AvgIpc) is 3.02. The molecular weight excluding hydrogens is 320 g/mol. The first-order valence-corrected chi connectivity index (χ1v) is 9.40. The van der Waals surface area contributed by atoms with Crippen LogP contribution in [0.1, 0.15) is 60.8 Å². The lowest BCUT2D eigenvalue weighted by Gasteiger charge is -2.36. The van der Waals surface area contributed by atoms with E-state index in [0.29, 0.717) is 55.7 Å². The van der Waals surface area contributed by atoms with Crippen LogP contribution in [0.5, 0.6) is 0 Å². The van der Waals surface area contributed by atoms with Crippen molar-refractivity contribution in [2.24, 2.45) is 0 Å². The molecule has 3 amide bonds. The third kappa shape index (κ3) is 3.96. The molecule has 1 saturated carbocycles. The minimum atomic E-state index is -0.0389. The van der Waals surface area contributed by atoms with Crippen molar-refractivity contribution in [2.75, 3.05) is 26.2 Å². The maximum absolute atomic E-state index is 12.8. The summed E-state index contributed by atoms with van der Waals surface area (Å²) < 4.78 is 5.17. The minimum absolute atomic E-state index is 0.00871. The lowest BCUT2D eigenvalue weighted by molar-refractivity contribution is 0.0660. The van der Waals surface area contributed by atoms with Gasteiger partial charge >= 0.3 is 6.03 Å². The van der Waals surface area contributed by atoms with Crippen LogP contribution < -0.4 is 5.32 Å². The number of piperazine rings is 1. The number of hydrogen-bond donors (Lipinski definition) is 1. The van der Waals surface area contributed by atoms with E-state index in [1.807, 2.05) is 11.8 Å². The van der Waals surface area contributed by atoms with Gasteiger partial charge in [0.1, 0.15) is 11.3 Å². The Morgan fingerprint density at radius 1 is 1.12 bits per heavy atom. The van der Waals surface area contributed by atoms with Crippen LogP contribution in [0.25, 0.3) is 0 Å². The summed E-state index contributed by atoms with van der Waals surface area (Å²) in [4.78, 5) is 28.8. The van der Waals surface area contributed by atoms with E-state index in [0.717, 1.165) is 12.8 Å². The number of nitrogens with one attached hydrogen (secondary N) is 1. The van der Waals surface area contributed by atoms with E-state index in [2.05, 4.69) is 10.5 Å². The van der Waals surface area contributed by atoms with Gasteiger partial charge in [0.2, 0.25) is 0 Å². The average molecular weight is 348 g/mol. The van der Waals surface area contributed by atoms with Gasteiger partial charge in [-0.1, -0.05) is 31.3 Å². The van der Waals surface area contributed by atoms with Crippen molar-refractivity contribution >= 4 is 11.9 Å². The topological polar surface area (TPSA) is 78.7 Å². The summed E-state index contributed by atoms with van der Waals surface area (Å²) >= 11 is 0. The fourth-order valence-electron chi connectivity index (χ4n) is 3.72. The number of rotatable bonds is 3. The number of aryl methyl sites for hydroxylation is 2. The first-order chi connectivity index (χ1) is 12.1. The van der Waals surface area contributed by atoms with Crippen molar-refractivity contribution in [3.05, 3.63) is 17.0 Å². The highest BCUT2D eigenvalue weighted by Crippen LogP contribution is 2.19. The third-order valence-corrected chi connectivity index (χ3v) is 5.27. The van der Waals surface area contributed by atoms with Crippen LogP contribution in [-0.4, -0.2) is 59.1 Å². The Hall–Kier alpha value is -2.05. The molecule has 138 valence electrons. The Morgan fingerprint density at radius 3 is 2.40 bits per heavy atom. The number of carbonyl (C=O) groups excluding carboxylic acids is 2. The quantitative estimate of drug-likeness (QED) is 0.909. The molecule has 2 fully saturated rings. The molecule has 0 radical (unpaired) electrons. The van der Waals surface area contributed by atoms with Crippen molar-refractivity contribution in [2.45, 2.75) is 58.4 Å². The highest BCUT2D eigenvalue weighted by molar-refractivity contribution is 5.96. The zero-order valence-electron chi connectivity index (χ0n) is 15.2. The van der Waals surface area contributed by atoms with E-state index in [9.17, 15) is 9.59 Å². The van der Waals surface area contributed by atoms with Crippen LogP contribution in [0.2, 0.25) is 0 Å². The van der Waals surface area contributed by atoms with E-state index in [1.165, 1.54) is 19.3 Å². The molecule has 0 bridgehead atoms. The summed E-state index contributed by atoms with van der Waals surface area (Å²) in [5.41, 5.74) is 1.29. The standard InChI is InChI=1S/C18H28N4O3/c1-3-15-16(13(2)25-20-15)17(23)21-9-11-22(12-10-21)18(24)19-14-7-5-4-6-8-14/h14H,3-12H2,1-2H3,(H,19,24). The number of urea groups is 1. The Bertz CT molecular complexity index is 614. The number of amides is 3. The molecule has 1 aliphatic carbocycles. The van der Waals surface area contributed by atoms with Gasteiger partial charge in [-0.25, -0.2) is 4.79 Å². The zero-order valence-corrected chi connectivity index (χ0v) is 15.2. The van der Waals surface area contributed by atoms with E-state index < -0.39 is 0 Å². The smallest absolute Gasteiger partial charge is 0.317 e. The summed E-state index contributed by atoms with van der Waals surface area (Å²) in [5, 5.41) is 7.11. The van der Waals surface area contributed by atoms with Gasteiger partial charge < -0.3 is 19.6 Å². The van der Waals surface area contributed by atoms with Gasteiger partial charge in [-0.05, 0) is 26.2 Å². The monoisotopic (exact) mass is 348 g/mol. The second-order valence-electron chi connectivity index (χ2n) is 6.98. The minimum Gasteiger partial charge on any atom is -0.361 e. The lowest BCUT2D eigenvalue weighted by atomic mass is 9.96. The van der Waals surface area contributed by atoms with Gasteiger partial charge in [0, 0.05) is 32.2 Å². The lowest BCUT2D eigenvalue weighted by Crippen LogP contribution is -2.54. The van der Waals surface area contributed by atoms with Crippen molar-refractivity contribution in [3.63, 3.8) is 0 Å². The molecule has 0 atom stereocenters. The summed E-state index contributed by atoms with van der Waals surface area (Å²) in [7, 11) is 0. The van der Waals surface area contributed by atoms with Gasteiger partial charge in [0.05, 0.1) is 5.69 Å². The molecule has 3 rings (SSSR count). The fraction of sp³-hybridized carbons (Fsp3) is 0.722. The van der Waals surface area contributed by atoms with E-state index in [-0.39, 0.29) is 11.9 Å². The molecule has 1 aliphatic heterocycles. The number of aromatic nitrogens is 1. The van der Waals surface area contributed by atoms with Crippen LogP contribution in [0.4, 0.5) is 4.79 Å². The SMILES string of the molecule is CCc1noc(C)c1C(=O)N1CCN(C(=O)NC2CCCCC2)CC1. The fourth-order valence-corrected chi connectivity index (χ4v) is 3.72. The van der Waals surface area contributed by atoms with Crippen LogP contribution in [-0.2, 0) is 6.42 Å². The first kappa shape index (κ1) is 17.8. The van der Waals surface area contributed by atoms with Crippen LogP contribution >= 0.6 is 0 Å². The Morgan fingerprint density at radius 2 is 1.76 bits per heavy atom. The molecule has 1 aromatic rings. The van der Waals surface area contributed by atoms with Crippen LogP contribution in [0, 0.1) is 6.92 Å². The molecule has 1 aromatic heterocycles. The number of hydrogen-bond acceptors (Lipinski definition) is 4. The Balaban J connectivity index is 1.53. The summed E-state index contributed by atoms with van der Waals surface area (Å²) in [5.74, 6) is 0.530. The molecule has 2 heterocycles. The van der Waals surface area contributed by atoms with Crippen molar-refractivity contribution in [1.29, 1.82) is 0 Å². The molecule has 1 saturated heterocycles. The predicted molar refractivity (Wildman–Crippen MR) is 93.5 cm³/mol. The summed E-state index contributed by atoms with van der Waals surface area (Å²) in [6.07, 6.45) is 6.50. The largest absolute Gasteiger partial charge is 0.361 e. The second kappa shape index (κ2) is 7.89. The molecule has 0 aromatic carbocycles. The predicted octanol–water partition coefficient (Wildman–Crippen LogP) is 2.35. The van der Waals surface area contributed by atoms with E-state index in [1.54, 1.807) is 11.8 Å². The highest BCUT2D eigenvalue weighted by Gasteiger charge is 2.29. The maximum Gasteiger partial charge on any atom is 0.317 e. The van der Waals surface area contributed by atoms with Gasteiger partial charge in [0.25, 0.3) is 5.91 Å². The molecule has 7 heteroatoms. The van der Waals surface area contributed by atoms with Crippen LogP contribution in [0.3, 0.4) is 0 Å². The van der Waals surface area contributed by atoms with Crippen molar-refractivity contribution in [3.8, 4) is 0 Å². The summed E-state index contributed by atoms with van der Waals surface area (Å²) in [6.45, 7) is 5.95. The molecule has 1 N–H and O–H groups in total. The van der Waals surface area contributed by atoms with E-state index in [4.69, 9.17) is 4.52 Å². The number of carbonyl (C=O) groups is 2. The molecule has 25 heavy (non-hydrogen) atoms. The maximum atomic E-state index is 12.8. The summed E-state index contributed by atoms with van der Waals surface area (Å²) in [6, 6.07) is 0.321.